The predicted molar refractivity (Wildman–Crippen MR) is 64.8 cm³/mol. The van der Waals surface area contributed by atoms with Crippen molar-refractivity contribution in [2.24, 2.45) is 4.99 Å². The van der Waals surface area contributed by atoms with E-state index < -0.39 is 0 Å². The molecule has 86 valence electrons. The molecule has 1 N–H and O–H groups in total. The zero-order chi connectivity index (χ0) is 11.5. The summed E-state index contributed by atoms with van der Waals surface area (Å²) in [7, 11) is 3.81. The molecule has 1 aromatic carbocycles. The predicted octanol–water partition coefficient (Wildman–Crippen LogP) is 1.63. The summed E-state index contributed by atoms with van der Waals surface area (Å²) in [5.74, 6) is 0.451. The Labute approximate surface area is 95.0 Å². The number of aliphatic imine (C=N–C) groups is 1. The Balaban J connectivity index is 2.49. The molecule has 0 aliphatic carbocycles. The molecule has 0 bridgehead atoms. The zero-order valence-electron chi connectivity index (χ0n) is 9.63. The van der Waals surface area contributed by atoms with Crippen LogP contribution < -0.4 is 10.2 Å². The Morgan fingerprint density at radius 2 is 2.19 bits per heavy atom. The average Bonchev–Trinajstić information content (AvgIpc) is 2.29. The van der Waals surface area contributed by atoms with Gasteiger partial charge in [0, 0.05) is 27.2 Å². The van der Waals surface area contributed by atoms with Crippen LogP contribution in [0.15, 0.2) is 23.2 Å². The van der Waals surface area contributed by atoms with E-state index in [4.69, 9.17) is 0 Å². The molecule has 0 radical (unpaired) electrons. The lowest BCUT2D eigenvalue weighted by Crippen LogP contribution is -2.32. The lowest BCUT2D eigenvalue weighted by molar-refractivity contribution is 0.621. The molecular formula is C12H16FN3. The Bertz CT molecular complexity index is 413. The highest BCUT2D eigenvalue weighted by atomic mass is 19.1. The van der Waals surface area contributed by atoms with Gasteiger partial charge in [-0.2, -0.15) is 0 Å². The maximum atomic E-state index is 13.8. The van der Waals surface area contributed by atoms with Gasteiger partial charge in [-0.25, -0.2) is 4.39 Å². The van der Waals surface area contributed by atoms with Gasteiger partial charge in [0.25, 0.3) is 0 Å². The number of nitrogens with zero attached hydrogens (tertiary/aromatic N) is 2. The number of anilines is 1. The first-order valence-corrected chi connectivity index (χ1v) is 5.44. The minimum Gasteiger partial charge on any atom is -0.377 e. The van der Waals surface area contributed by atoms with Crippen LogP contribution in [-0.4, -0.2) is 33.0 Å². The molecule has 0 amide bonds. The fourth-order valence-corrected chi connectivity index (χ4v) is 1.82. The summed E-state index contributed by atoms with van der Waals surface area (Å²) >= 11 is 0. The van der Waals surface area contributed by atoms with E-state index in [1.54, 1.807) is 6.07 Å². The van der Waals surface area contributed by atoms with E-state index in [0.29, 0.717) is 11.4 Å². The van der Waals surface area contributed by atoms with Crippen molar-refractivity contribution in [2.75, 3.05) is 32.1 Å². The van der Waals surface area contributed by atoms with Crippen molar-refractivity contribution in [3.05, 3.63) is 29.6 Å². The van der Waals surface area contributed by atoms with Gasteiger partial charge in [0.05, 0.1) is 11.3 Å². The fraction of sp³-hybridized carbons (Fsp3) is 0.417. The van der Waals surface area contributed by atoms with Gasteiger partial charge in [0.2, 0.25) is 0 Å². The van der Waals surface area contributed by atoms with Crippen molar-refractivity contribution in [3.8, 4) is 0 Å². The summed E-state index contributed by atoms with van der Waals surface area (Å²) < 4.78 is 13.8. The SMILES string of the molecule is CN(C)c1cccc(F)c1C1=NCCCN1. The molecular weight excluding hydrogens is 205 g/mol. The van der Waals surface area contributed by atoms with Gasteiger partial charge in [-0.3, -0.25) is 4.99 Å². The third-order valence-corrected chi connectivity index (χ3v) is 2.61. The Morgan fingerprint density at radius 1 is 1.38 bits per heavy atom. The molecule has 0 saturated heterocycles. The highest BCUT2D eigenvalue weighted by Crippen LogP contribution is 2.22. The molecule has 0 atom stereocenters. The quantitative estimate of drug-likeness (QED) is 0.822. The normalized spacial score (nSPS) is 15.3. The third kappa shape index (κ3) is 2.01. The van der Waals surface area contributed by atoms with E-state index >= 15 is 0 Å². The number of hydrogen-bond acceptors (Lipinski definition) is 3. The Kier molecular flexibility index (Phi) is 3.08. The molecule has 0 fully saturated rings. The summed E-state index contributed by atoms with van der Waals surface area (Å²) in [5.41, 5.74) is 1.43. The average molecular weight is 221 g/mol. The van der Waals surface area contributed by atoms with Gasteiger partial charge in [-0.15, -0.1) is 0 Å². The van der Waals surface area contributed by atoms with Crippen LogP contribution in [0.5, 0.6) is 0 Å². The summed E-state index contributed by atoms with van der Waals surface area (Å²) in [6.45, 7) is 1.63. The van der Waals surface area contributed by atoms with Crippen molar-refractivity contribution in [1.29, 1.82) is 0 Å². The summed E-state index contributed by atoms with van der Waals surface area (Å²) in [6.07, 6.45) is 1.01. The first-order chi connectivity index (χ1) is 7.70. The van der Waals surface area contributed by atoms with Crippen LogP contribution in [0, 0.1) is 5.82 Å². The van der Waals surface area contributed by atoms with Crippen LogP contribution >= 0.6 is 0 Å². The number of benzene rings is 1. The molecule has 1 aliphatic heterocycles. The number of halogens is 1. The van der Waals surface area contributed by atoms with Gasteiger partial charge in [-0.1, -0.05) is 6.07 Å². The van der Waals surface area contributed by atoms with Crippen molar-refractivity contribution in [2.45, 2.75) is 6.42 Å². The topological polar surface area (TPSA) is 27.6 Å². The molecule has 3 nitrogen and oxygen atoms in total. The molecule has 1 aromatic rings. The highest BCUT2D eigenvalue weighted by molar-refractivity contribution is 6.04. The second-order valence-corrected chi connectivity index (χ2v) is 4.04. The van der Waals surface area contributed by atoms with E-state index in [2.05, 4.69) is 10.3 Å². The summed E-state index contributed by atoms with van der Waals surface area (Å²) in [5, 5.41) is 3.15. The van der Waals surface area contributed by atoms with Crippen LogP contribution in [0.1, 0.15) is 12.0 Å². The monoisotopic (exact) mass is 221 g/mol. The van der Waals surface area contributed by atoms with Gasteiger partial charge >= 0.3 is 0 Å². The number of rotatable bonds is 2. The smallest absolute Gasteiger partial charge is 0.136 e. The van der Waals surface area contributed by atoms with Crippen molar-refractivity contribution in [1.82, 2.24) is 5.32 Å². The van der Waals surface area contributed by atoms with Gasteiger partial charge in [-0.05, 0) is 18.6 Å². The standard InChI is InChI=1S/C12H16FN3/c1-16(2)10-6-3-5-9(13)11(10)12-14-7-4-8-15-12/h3,5-6H,4,7-8H2,1-2H3,(H,14,15). The van der Waals surface area contributed by atoms with E-state index in [9.17, 15) is 4.39 Å². The number of nitrogens with one attached hydrogen (secondary N) is 1. The lowest BCUT2D eigenvalue weighted by atomic mass is 10.1. The fourth-order valence-electron chi connectivity index (χ4n) is 1.82. The molecule has 1 aliphatic rings. The number of hydrogen-bond donors (Lipinski definition) is 1. The Morgan fingerprint density at radius 3 is 2.81 bits per heavy atom. The minimum absolute atomic E-state index is 0.223. The van der Waals surface area contributed by atoms with Gasteiger partial charge in [0.1, 0.15) is 11.7 Å². The molecule has 0 spiro atoms. The van der Waals surface area contributed by atoms with E-state index in [0.717, 1.165) is 25.2 Å². The van der Waals surface area contributed by atoms with Gasteiger partial charge in [0.15, 0.2) is 0 Å². The molecule has 2 rings (SSSR count). The van der Waals surface area contributed by atoms with Gasteiger partial charge < -0.3 is 10.2 Å². The second kappa shape index (κ2) is 4.51. The van der Waals surface area contributed by atoms with Crippen LogP contribution in [0.4, 0.5) is 10.1 Å². The molecule has 16 heavy (non-hydrogen) atoms. The van der Waals surface area contributed by atoms with E-state index in [1.165, 1.54) is 6.07 Å². The maximum Gasteiger partial charge on any atom is 0.136 e. The van der Waals surface area contributed by atoms with Crippen LogP contribution in [0.2, 0.25) is 0 Å². The molecule has 0 unspecified atom stereocenters. The molecule has 4 heteroatoms. The molecule has 0 aromatic heterocycles. The van der Waals surface area contributed by atoms with Crippen molar-refractivity contribution in [3.63, 3.8) is 0 Å². The third-order valence-electron chi connectivity index (χ3n) is 2.61. The minimum atomic E-state index is -0.223. The van der Waals surface area contributed by atoms with Crippen molar-refractivity contribution >= 4 is 11.5 Å². The first-order valence-electron chi connectivity index (χ1n) is 5.44. The summed E-state index contributed by atoms with van der Waals surface area (Å²) in [4.78, 5) is 6.24. The maximum absolute atomic E-state index is 13.8. The summed E-state index contributed by atoms with van der Waals surface area (Å²) in [6, 6.07) is 5.09. The molecule has 0 saturated carbocycles. The molecule has 1 heterocycles. The van der Waals surface area contributed by atoms with E-state index in [-0.39, 0.29) is 5.82 Å². The first kappa shape index (κ1) is 10.9. The van der Waals surface area contributed by atoms with Crippen LogP contribution in [-0.2, 0) is 0 Å². The lowest BCUT2D eigenvalue weighted by Gasteiger charge is -2.21. The largest absolute Gasteiger partial charge is 0.377 e. The highest BCUT2D eigenvalue weighted by Gasteiger charge is 2.17. The van der Waals surface area contributed by atoms with Crippen LogP contribution in [0.25, 0.3) is 0 Å². The zero-order valence-corrected chi connectivity index (χ0v) is 9.63. The number of amidine groups is 1. The van der Waals surface area contributed by atoms with E-state index in [1.807, 2.05) is 25.1 Å². The Hall–Kier alpha value is -1.58. The second-order valence-electron chi connectivity index (χ2n) is 4.04. The van der Waals surface area contributed by atoms with Crippen molar-refractivity contribution < 1.29 is 4.39 Å². The van der Waals surface area contributed by atoms with Crippen LogP contribution in [0.3, 0.4) is 0 Å².